The van der Waals surface area contributed by atoms with Crippen LogP contribution < -0.4 is 10.4 Å². The average molecular weight is 276 g/mol. The van der Waals surface area contributed by atoms with E-state index in [1.54, 1.807) is 26.0 Å². The van der Waals surface area contributed by atoms with Crippen LogP contribution in [0.15, 0.2) is 24.3 Å². The Bertz CT molecular complexity index is 451. The molecule has 4 heteroatoms. The minimum Gasteiger partial charge on any atom is -0.548 e. The van der Waals surface area contributed by atoms with Crippen molar-refractivity contribution in [3.63, 3.8) is 0 Å². The molecule has 0 heterocycles. The molecule has 110 valence electrons. The van der Waals surface area contributed by atoms with Crippen molar-refractivity contribution < 1.29 is 14.7 Å². The van der Waals surface area contributed by atoms with Gasteiger partial charge in [-0.25, -0.2) is 0 Å². The molecule has 0 saturated carbocycles. The van der Waals surface area contributed by atoms with E-state index in [1.807, 2.05) is 12.1 Å². The number of aryl methyl sites for hydroxylation is 1. The molecule has 0 spiro atoms. The number of carboxylic acid groups (broad SMARTS) is 1. The number of carboxylic acids is 1. The van der Waals surface area contributed by atoms with E-state index in [9.17, 15) is 14.7 Å². The summed E-state index contributed by atoms with van der Waals surface area (Å²) in [5, 5.41) is 13.4. The van der Waals surface area contributed by atoms with Gasteiger partial charge in [-0.1, -0.05) is 39.3 Å². The first kappa shape index (κ1) is 16.2. The van der Waals surface area contributed by atoms with Gasteiger partial charge >= 0.3 is 0 Å². The summed E-state index contributed by atoms with van der Waals surface area (Å²) in [6, 6.07) is 6.31. The topological polar surface area (TPSA) is 69.2 Å². The van der Waals surface area contributed by atoms with Crippen molar-refractivity contribution in [2.24, 2.45) is 5.92 Å². The first-order valence-corrected chi connectivity index (χ1v) is 7.06. The van der Waals surface area contributed by atoms with Gasteiger partial charge in [-0.2, -0.15) is 0 Å². The highest BCUT2D eigenvalue weighted by Crippen LogP contribution is 2.09. The highest BCUT2D eigenvalue weighted by Gasteiger charge is 2.18. The Balaban J connectivity index is 2.69. The molecule has 0 fully saturated rings. The predicted octanol–water partition coefficient (Wildman–Crippen LogP) is 1.53. The van der Waals surface area contributed by atoms with E-state index in [0.29, 0.717) is 5.56 Å². The van der Waals surface area contributed by atoms with Gasteiger partial charge in [-0.3, -0.25) is 4.79 Å². The Morgan fingerprint density at radius 1 is 1.20 bits per heavy atom. The van der Waals surface area contributed by atoms with Gasteiger partial charge in [-0.15, -0.1) is 0 Å². The number of unbranched alkanes of at least 4 members (excludes halogenated alkanes) is 1. The summed E-state index contributed by atoms with van der Waals surface area (Å²) in [6.07, 6.45) is 3.24. The number of aliphatic carboxylic acids is 1. The first-order chi connectivity index (χ1) is 9.45. The lowest BCUT2D eigenvalue weighted by Crippen LogP contribution is -2.50. The molecule has 4 nitrogen and oxygen atoms in total. The summed E-state index contributed by atoms with van der Waals surface area (Å²) >= 11 is 0. The van der Waals surface area contributed by atoms with Crippen LogP contribution in [0, 0.1) is 5.92 Å². The van der Waals surface area contributed by atoms with E-state index < -0.39 is 12.0 Å². The van der Waals surface area contributed by atoms with Crippen molar-refractivity contribution in [1.29, 1.82) is 0 Å². The molecule has 1 rings (SSSR count). The monoisotopic (exact) mass is 276 g/mol. The van der Waals surface area contributed by atoms with Gasteiger partial charge in [0.25, 0.3) is 5.91 Å². The maximum absolute atomic E-state index is 12.0. The molecule has 0 radical (unpaired) electrons. The van der Waals surface area contributed by atoms with Crippen LogP contribution in [0.25, 0.3) is 0 Å². The van der Waals surface area contributed by atoms with Gasteiger partial charge in [0.2, 0.25) is 0 Å². The maximum Gasteiger partial charge on any atom is 0.251 e. The minimum atomic E-state index is -1.26. The summed E-state index contributed by atoms with van der Waals surface area (Å²) in [5.74, 6) is -1.85. The van der Waals surface area contributed by atoms with Gasteiger partial charge in [-0.05, 0) is 36.5 Å². The number of carbonyl (C=O) groups excluding carboxylic acids is 2. The Morgan fingerprint density at radius 2 is 1.80 bits per heavy atom. The van der Waals surface area contributed by atoms with E-state index >= 15 is 0 Å². The maximum atomic E-state index is 12.0. The van der Waals surface area contributed by atoms with E-state index in [4.69, 9.17) is 0 Å². The van der Waals surface area contributed by atoms with Gasteiger partial charge in [0.1, 0.15) is 0 Å². The van der Waals surface area contributed by atoms with E-state index in [1.165, 1.54) is 5.56 Å². The lowest BCUT2D eigenvalue weighted by Gasteiger charge is -2.23. The lowest BCUT2D eigenvalue weighted by atomic mass is 10.0. The van der Waals surface area contributed by atoms with Crippen molar-refractivity contribution in [2.75, 3.05) is 0 Å². The molecule has 0 bridgehead atoms. The molecule has 1 aromatic carbocycles. The van der Waals surface area contributed by atoms with Gasteiger partial charge in [0, 0.05) is 5.56 Å². The zero-order valence-electron chi connectivity index (χ0n) is 12.3. The average Bonchev–Trinajstić information content (AvgIpc) is 2.42. The van der Waals surface area contributed by atoms with E-state index in [2.05, 4.69) is 12.2 Å². The molecule has 0 aliphatic heterocycles. The third-order valence-corrected chi connectivity index (χ3v) is 3.24. The second kappa shape index (κ2) is 7.68. The molecule has 0 aliphatic rings. The zero-order chi connectivity index (χ0) is 15.1. The number of hydrogen-bond acceptors (Lipinski definition) is 3. The minimum absolute atomic E-state index is 0.215. The van der Waals surface area contributed by atoms with Crippen molar-refractivity contribution in [3.8, 4) is 0 Å². The fourth-order valence-electron chi connectivity index (χ4n) is 1.93. The predicted molar refractivity (Wildman–Crippen MR) is 76.2 cm³/mol. The molecular formula is C16H22NO3-. The third kappa shape index (κ3) is 4.68. The molecule has 0 saturated heterocycles. The Hall–Kier alpha value is -1.84. The molecule has 1 atom stereocenters. The van der Waals surface area contributed by atoms with Gasteiger partial charge in [0.05, 0.1) is 12.0 Å². The molecule has 1 N–H and O–H groups in total. The number of hydrogen-bond donors (Lipinski definition) is 1. The number of nitrogens with one attached hydrogen (secondary N) is 1. The van der Waals surface area contributed by atoms with Gasteiger partial charge < -0.3 is 15.2 Å². The smallest absolute Gasteiger partial charge is 0.251 e. The Kier molecular flexibility index (Phi) is 6.22. The highest BCUT2D eigenvalue weighted by molar-refractivity contribution is 5.96. The largest absolute Gasteiger partial charge is 0.548 e. The van der Waals surface area contributed by atoms with Crippen LogP contribution >= 0.6 is 0 Å². The summed E-state index contributed by atoms with van der Waals surface area (Å²) in [5.41, 5.74) is 1.65. The number of carbonyl (C=O) groups is 2. The molecule has 0 unspecified atom stereocenters. The fourth-order valence-corrected chi connectivity index (χ4v) is 1.93. The molecule has 0 aliphatic carbocycles. The van der Waals surface area contributed by atoms with Crippen LogP contribution in [0.1, 0.15) is 49.5 Å². The summed E-state index contributed by atoms with van der Waals surface area (Å²) in [6.45, 7) is 5.59. The SMILES string of the molecule is CCCCc1ccc(C(=O)N[C@@H](C(=O)[O-])C(C)C)cc1. The second-order valence-corrected chi connectivity index (χ2v) is 5.31. The fraction of sp³-hybridized carbons (Fsp3) is 0.500. The molecular weight excluding hydrogens is 254 g/mol. The summed E-state index contributed by atoms with van der Waals surface area (Å²) in [4.78, 5) is 22.9. The van der Waals surface area contributed by atoms with Crippen LogP contribution in [-0.2, 0) is 11.2 Å². The van der Waals surface area contributed by atoms with Crippen LogP contribution in [0.2, 0.25) is 0 Å². The van der Waals surface area contributed by atoms with Crippen molar-refractivity contribution in [3.05, 3.63) is 35.4 Å². The highest BCUT2D eigenvalue weighted by atomic mass is 16.4. The second-order valence-electron chi connectivity index (χ2n) is 5.31. The molecule has 0 aromatic heterocycles. The van der Waals surface area contributed by atoms with Crippen LogP contribution in [0.5, 0.6) is 0 Å². The van der Waals surface area contributed by atoms with Gasteiger partial charge in [0.15, 0.2) is 0 Å². The first-order valence-electron chi connectivity index (χ1n) is 7.06. The van der Waals surface area contributed by atoms with Crippen LogP contribution in [-0.4, -0.2) is 17.9 Å². The molecule has 20 heavy (non-hydrogen) atoms. The molecule has 1 amide bonds. The van der Waals surface area contributed by atoms with Crippen LogP contribution in [0.3, 0.4) is 0 Å². The summed E-state index contributed by atoms with van der Waals surface area (Å²) in [7, 11) is 0. The normalized spacial score (nSPS) is 12.2. The number of amides is 1. The van der Waals surface area contributed by atoms with E-state index in [-0.39, 0.29) is 11.8 Å². The molecule has 1 aromatic rings. The third-order valence-electron chi connectivity index (χ3n) is 3.24. The standard InChI is InChI=1S/C16H23NO3/c1-4-5-6-12-7-9-13(10-8-12)15(18)17-14(11(2)3)16(19)20/h7-11,14H,4-6H2,1-3H3,(H,17,18)(H,19,20)/p-1/t14-/m1/s1. The van der Waals surface area contributed by atoms with Crippen LogP contribution in [0.4, 0.5) is 0 Å². The Morgan fingerprint density at radius 3 is 2.25 bits per heavy atom. The zero-order valence-corrected chi connectivity index (χ0v) is 12.3. The van der Waals surface area contributed by atoms with Crippen molar-refractivity contribution in [1.82, 2.24) is 5.32 Å². The Labute approximate surface area is 120 Å². The summed E-state index contributed by atoms with van der Waals surface area (Å²) < 4.78 is 0. The number of rotatable bonds is 7. The van der Waals surface area contributed by atoms with Crippen molar-refractivity contribution in [2.45, 2.75) is 46.1 Å². The number of benzene rings is 1. The van der Waals surface area contributed by atoms with Crippen molar-refractivity contribution >= 4 is 11.9 Å². The lowest BCUT2D eigenvalue weighted by molar-refractivity contribution is -0.309. The quantitative estimate of drug-likeness (QED) is 0.821. The van der Waals surface area contributed by atoms with E-state index in [0.717, 1.165) is 19.3 Å².